The molecule has 27 heavy (non-hydrogen) atoms. The molecule has 9 heteroatoms. The maximum absolute atomic E-state index is 12.9. The third-order valence-corrected chi connectivity index (χ3v) is 6.64. The third-order valence-electron chi connectivity index (χ3n) is 4.60. The van der Waals surface area contributed by atoms with Crippen molar-refractivity contribution in [2.75, 3.05) is 26.8 Å². The summed E-state index contributed by atoms with van der Waals surface area (Å²) in [7, 11) is -2.25. The number of carbonyl (C=O) groups is 2. The number of sulfonamides is 1. The molecular weight excluding hydrogens is 372 g/mol. The minimum atomic E-state index is -3.69. The Balaban J connectivity index is 2.25. The van der Waals surface area contributed by atoms with Gasteiger partial charge in [0.1, 0.15) is 6.04 Å². The molecule has 1 amide bonds. The number of rotatable bonds is 8. The molecule has 1 fully saturated rings. The van der Waals surface area contributed by atoms with Gasteiger partial charge in [0.15, 0.2) is 0 Å². The molecule has 0 saturated carbocycles. The second-order valence-corrected chi connectivity index (χ2v) is 8.50. The molecule has 8 nitrogen and oxygen atoms in total. The van der Waals surface area contributed by atoms with Crippen LogP contribution in [-0.4, -0.2) is 62.6 Å². The van der Waals surface area contributed by atoms with E-state index in [9.17, 15) is 23.1 Å². The highest BCUT2D eigenvalue weighted by atomic mass is 32.2. The Labute approximate surface area is 159 Å². The van der Waals surface area contributed by atoms with Crippen molar-refractivity contribution in [3.63, 3.8) is 0 Å². The number of hydrogen-bond donors (Lipinski definition) is 2. The van der Waals surface area contributed by atoms with Crippen LogP contribution in [0.3, 0.4) is 0 Å². The van der Waals surface area contributed by atoms with Gasteiger partial charge in [0, 0.05) is 38.8 Å². The predicted octanol–water partition coefficient (Wildman–Crippen LogP) is 1.39. The Kier molecular flexibility index (Phi) is 7.34. The Morgan fingerprint density at radius 1 is 1.26 bits per heavy atom. The third kappa shape index (κ3) is 5.27. The molecule has 1 aromatic carbocycles. The monoisotopic (exact) mass is 398 g/mol. The van der Waals surface area contributed by atoms with Gasteiger partial charge in [0.05, 0.1) is 4.90 Å². The molecule has 150 valence electrons. The summed E-state index contributed by atoms with van der Waals surface area (Å²) in [4.78, 5) is 23.8. The number of ether oxygens (including phenoxy) is 1. The van der Waals surface area contributed by atoms with Crippen LogP contribution < -0.4 is 5.32 Å². The lowest BCUT2D eigenvalue weighted by molar-refractivity contribution is -0.139. The van der Waals surface area contributed by atoms with Crippen molar-refractivity contribution in [1.82, 2.24) is 9.62 Å². The normalized spacial score (nSPS) is 16.7. The summed E-state index contributed by atoms with van der Waals surface area (Å²) >= 11 is 0. The zero-order chi connectivity index (χ0) is 20.0. The molecule has 1 aliphatic heterocycles. The molecule has 1 aliphatic rings. The molecule has 0 radical (unpaired) electrons. The fraction of sp³-hybridized carbons (Fsp3) is 0.556. The number of aryl methyl sites for hydroxylation is 1. The van der Waals surface area contributed by atoms with Crippen LogP contribution in [0.4, 0.5) is 0 Å². The number of nitrogens with one attached hydrogen (secondary N) is 1. The van der Waals surface area contributed by atoms with Crippen LogP contribution in [0.5, 0.6) is 0 Å². The van der Waals surface area contributed by atoms with Gasteiger partial charge in [-0.1, -0.05) is 12.5 Å². The second-order valence-electron chi connectivity index (χ2n) is 6.59. The van der Waals surface area contributed by atoms with Crippen LogP contribution in [0.25, 0.3) is 0 Å². The highest BCUT2D eigenvalue weighted by molar-refractivity contribution is 7.89. The van der Waals surface area contributed by atoms with Gasteiger partial charge < -0.3 is 15.2 Å². The maximum Gasteiger partial charge on any atom is 0.326 e. The van der Waals surface area contributed by atoms with Gasteiger partial charge in [-0.15, -0.1) is 0 Å². The van der Waals surface area contributed by atoms with Crippen LogP contribution in [0.1, 0.15) is 41.6 Å². The van der Waals surface area contributed by atoms with Crippen molar-refractivity contribution in [2.45, 2.75) is 43.5 Å². The van der Waals surface area contributed by atoms with Crippen LogP contribution in [0, 0.1) is 6.92 Å². The van der Waals surface area contributed by atoms with Gasteiger partial charge in [-0.25, -0.2) is 13.2 Å². The highest BCUT2D eigenvalue weighted by Crippen LogP contribution is 2.24. The maximum atomic E-state index is 12.9. The van der Waals surface area contributed by atoms with Crippen molar-refractivity contribution >= 4 is 21.9 Å². The summed E-state index contributed by atoms with van der Waals surface area (Å²) in [6.45, 7) is 2.80. The molecule has 0 aliphatic carbocycles. The van der Waals surface area contributed by atoms with Crippen LogP contribution in [0.15, 0.2) is 23.1 Å². The molecule has 0 aromatic heterocycles. The van der Waals surface area contributed by atoms with E-state index in [4.69, 9.17) is 4.74 Å². The first-order valence-corrected chi connectivity index (χ1v) is 10.3. The van der Waals surface area contributed by atoms with Crippen LogP contribution >= 0.6 is 0 Å². The van der Waals surface area contributed by atoms with E-state index in [0.717, 1.165) is 19.3 Å². The number of nitrogens with zero attached hydrogens (tertiary/aromatic N) is 1. The van der Waals surface area contributed by atoms with E-state index >= 15 is 0 Å². The van der Waals surface area contributed by atoms with Crippen molar-refractivity contribution in [3.05, 3.63) is 29.3 Å². The van der Waals surface area contributed by atoms with E-state index in [1.165, 1.54) is 23.5 Å². The topological polar surface area (TPSA) is 113 Å². The predicted molar refractivity (Wildman–Crippen MR) is 99.2 cm³/mol. The van der Waals surface area contributed by atoms with Gasteiger partial charge in [-0.3, -0.25) is 4.79 Å². The lowest BCUT2D eigenvalue weighted by Crippen LogP contribution is -2.41. The largest absolute Gasteiger partial charge is 0.480 e. The number of hydrogen-bond acceptors (Lipinski definition) is 5. The number of amides is 1. The average molecular weight is 398 g/mol. The van der Waals surface area contributed by atoms with E-state index < -0.39 is 27.9 Å². The smallest absolute Gasteiger partial charge is 0.326 e. The molecule has 0 spiro atoms. The summed E-state index contributed by atoms with van der Waals surface area (Å²) < 4.78 is 32.2. The quantitative estimate of drug-likeness (QED) is 0.684. The summed E-state index contributed by atoms with van der Waals surface area (Å²) in [6.07, 6.45) is 2.75. The van der Waals surface area contributed by atoms with Gasteiger partial charge >= 0.3 is 5.97 Å². The zero-order valence-electron chi connectivity index (χ0n) is 15.6. The van der Waals surface area contributed by atoms with Crippen molar-refractivity contribution < 1.29 is 27.9 Å². The first kappa shape index (κ1) is 21.3. The van der Waals surface area contributed by atoms with Crippen LogP contribution in [-0.2, 0) is 19.6 Å². The number of carboxylic acid groups (broad SMARTS) is 1. The van der Waals surface area contributed by atoms with E-state index in [1.807, 2.05) is 0 Å². The first-order chi connectivity index (χ1) is 12.8. The second kappa shape index (κ2) is 9.29. The number of carbonyl (C=O) groups excluding carboxylic acids is 1. The summed E-state index contributed by atoms with van der Waals surface area (Å²) in [5.41, 5.74) is 0.658. The van der Waals surface area contributed by atoms with Crippen molar-refractivity contribution in [2.24, 2.45) is 0 Å². The molecular formula is C18H26N2O6S. The number of piperidine rings is 1. The molecule has 1 atom stereocenters. The van der Waals surface area contributed by atoms with Gasteiger partial charge in [-0.05, 0) is 37.5 Å². The molecule has 2 N–H and O–H groups in total. The molecule has 0 bridgehead atoms. The highest BCUT2D eigenvalue weighted by Gasteiger charge is 2.28. The SMILES string of the molecule is COCCC(NC(=O)c1ccc(C)c(S(=O)(=O)N2CCCCC2)c1)C(=O)O. The molecule has 1 saturated heterocycles. The first-order valence-electron chi connectivity index (χ1n) is 8.90. The number of benzene rings is 1. The average Bonchev–Trinajstić information content (AvgIpc) is 2.65. The van der Waals surface area contributed by atoms with Crippen molar-refractivity contribution in [3.8, 4) is 0 Å². The summed E-state index contributed by atoms with van der Waals surface area (Å²) in [5.74, 6) is -1.80. The zero-order valence-corrected chi connectivity index (χ0v) is 16.4. The van der Waals surface area contributed by atoms with E-state index in [2.05, 4.69) is 5.32 Å². The van der Waals surface area contributed by atoms with E-state index in [-0.39, 0.29) is 23.5 Å². The molecule has 1 unspecified atom stereocenters. The number of aliphatic carboxylic acids is 1. The summed E-state index contributed by atoms with van der Waals surface area (Å²) in [5, 5.41) is 11.6. The Morgan fingerprint density at radius 3 is 2.52 bits per heavy atom. The van der Waals surface area contributed by atoms with Gasteiger partial charge in [-0.2, -0.15) is 4.31 Å². The molecule has 2 rings (SSSR count). The lowest BCUT2D eigenvalue weighted by atomic mass is 10.1. The summed E-state index contributed by atoms with van der Waals surface area (Å²) in [6, 6.07) is 3.27. The molecule has 1 heterocycles. The minimum Gasteiger partial charge on any atom is -0.480 e. The van der Waals surface area contributed by atoms with Crippen molar-refractivity contribution in [1.29, 1.82) is 0 Å². The standard InChI is InChI=1S/C18H26N2O6S/c1-13-6-7-14(17(21)19-15(18(22)23)8-11-26-2)12-16(13)27(24,25)20-9-4-3-5-10-20/h6-7,12,15H,3-5,8-11H2,1-2H3,(H,19,21)(H,22,23). The number of methoxy groups -OCH3 is 1. The Hall–Kier alpha value is -1.97. The van der Waals surface area contributed by atoms with Gasteiger partial charge in [0.2, 0.25) is 10.0 Å². The molecule has 1 aromatic rings. The van der Waals surface area contributed by atoms with E-state index in [0.29, 0.717) is 18.7 Å². The Bertz CT molecular complexity index is 787. The number of carboxylic acids is 1. The lowest BCUT2D eigenvalue weighted by Gasteiger charge is -2.26. The fourth-order valence-corrected chi connectivity index (χ4v) is 4.77. The van der Waals surface area contributed by atoms with Crippen LogP contribution in [0.2, 0.25) is 0 Å². The Morgan fingerprint density at radius 2 is 1.93 bits per heavy atom. The van der Waals surface area contributed by atoms with Gasteiger partial charge in [0.25, 0.3) is 5.91 Å². The minimum absolute atomic E-state index is 0.0841. The fourth-order valence-electron chi connectivity index (χ4n) is 3.00. The van der Waals surface area contributed by atoms with E-state index in [1.54, 1.807) is 13.0 Å².